The smallest absolute Gasteiger partial charge is 0.244 e. The third-order valence-corrected chi connectivity index (χ3v) is 4.03. The molecule has 3 nitrogen and oxygen atoms in total. The van der Waals surface area contributed by atoms with Gasteiger partial charge in [-0.3, -0.25) is 4.79 Å². The molecule has 0 aliphatic rings. The Kier molecular flexibility index (Phi) is 4.51. The molecular weight excluding hydrogens is 294 g/mol. The summed E-state index contributed by atoms with van der Waals surface area (Å²) in [5.74, 6) is 0.558. The van der Waals surface area contributed by atoms with E-state index in [1.54, 1.807) is 23.7 Å². The van der Waals surface area contributed by atoms with Crippen LogP contribution in [0.4, 0.5) is 0 Å². The maximum absolute atomic E-state index is 12.2. The van der Waals surface area contributed by atoms with Gasteiger partial charge in [-0.1, -0.05) is 36.4 Å². The highest BCUT2D eigenvalue weighted by atomic mass is 32.1. The quantitative estimate of drug-likeness (QED) is 0.716. The van der Waals surface area contributed by atoms with Crippen LogP contribution in [0, 0.1) is 0 Å². The van der Waals surface area contributed by atoms with Crippen molar-refractivity contribution in [2.24, 2.45) is 0 Å². The molecule has 0 bridgehead atoms. The van der Waals surface area contributed by atoms with Gasteiger partial charge in [0.25, 0.3) is 0 Å². The number of rotatable bonds is 5. The molecule has 0 fully saturated rings. The molecule has 3 rings (SSSR count). The number of hydrogen-bond donors (Lipinski definition) is 1. The Morgan fingerprint density at radius 2 is 1.95 bits per heavy atom. The molecule has 0 radical (unpaired) electrons. The second-order valence-corrected chi connectivity index (χ2v) is 5.70. The number of benzene rings is 1. The summed E-state index contributed by atoms with van der Waals surface area (Å²) in [4.78, 5) is 13.2. The maximum Gasteiger partial charge on any atom is 0.244 e. The van der Waals surface area contributed by atoms with Crippen molar-refractivity contribution < 1.29 is 9.21 Å². The van der Waals surface area contributed by atoms with E-state index in [9.17, 15) is 4.79 Å². The monoisotopic (exact) mass is 309 g/mol. The molecule has 0 unspecified atom stereocenters. The predicted molar refractivity (Wildman–Crippen MR) is 88.5 cm³/mol. The Hall–Kier alpha value is -2.59. The molecule has 0 saturated carbocycles. The van der Waals surface area contributed by atoms with E-state index in [2.05, 4.69) is 5.32 Å². The van der Waals surface area contributed by atoms with Gasteiger partial charge in [0, 0.05) is 11.0 Å². The SMILES string of the molecule is O=C(/C=C/c1cccs1)N[C@@H](c1ccccc1)c1ccco1. The highest BCUT2D eigenvalue weighted by Gasteiger charge is 2.17. The Morgan fingerprint density at radius 3 is 2.64 bits per heavy atom. The zero-order valence-corrected chi connectivity index (χ0v) is 12.6. The fraction of sp³-hybridized carbons (Fsp3) is 0.0556. The molecule has 0 aliphatic carbocycles. The zero-order chi connectivity index (χ0) is 15.2. The van der Waals surface area contributed by atoms with E-state index >= 15 is 0 Å². The van der Waals surface area contributed by atoms with Crippen molar-refractivity contribution in [2.45, 2.75) is 6.04 Å². The third kappa shape index (κ3) is 3.54. The van der Waals surface area contributed by atoms with E-state index in [1.165, 1.54) is 0 Å². The molecule has 1 amide bonds. The van der Waals surface area contributed by atoms with Gasteiger partial charge in [0.1, 0.15) is 11.8 Å². The van der Waals surface area contributed by atoms with Crippen molar-refractivity contribution in [3.05, 3.63) is 88.5 Å². The molecule has 22 heavy (non-hydrogen) atoms. The second kappa shape index (κ2) is 6.91. The van der Waals surface area contributed by atoms with Crippen molar-refractivity contribution in [2.75, 3.05) is 0 Å². The van der Waals surface area contributed by atoms with Gasteiger partial charge in [0.15, 0.2) is 0 Å². The minimum Gasteiger partial charge on any atom is -0.467 e. The Morgan fingerprint density at radius 1 is 1.09 bits per heavy atom. The minimum atomic E-state index is -0.295. The lowest BCUT2D eigenvalue weighted by Crippen LogP contribution is -2.27. The molecule has 0 saturated heterocycles. The van der Waals surface area contributed by atoms with Gasteiger partial charge in [-0.2, -0.15) is 0 Å². The van der Waals surface area contributed by atoms with Crippen LogP contribution in [0.5, 0.6) is 0 Å². The third-order valence-electron chi connectivity index (χ3n) is 3.19. The van der Waals surface area contributed by atoms with Crippen molar-refractivity contribution in [1.82, 2.24) is 5.32 Å². The van der Waals surface area contributed by atoms with Crippen molar-refractivity contribution >= 4 is 23.3 Å². The molecule has 2 heterocycles. The van der Waals surface area contributed by atoms with Crippen LogP contribution in [0.15, 0.2) is 76.7 Å². The molecule has 0 spiro atoms. The van der Waals surface area contributed by atoms with Crippen molar-refractivity contribution in [3.8, 4) is 0 Å². The lowest BCUT2D eigenvalue weighted by molar-refractivity contribution is -0.117. The van der Waals surface area contributed by atoms with Gasteiger partial charge in [-0.15, -0.1) is 11.3 Å². The summed E-state index contributed by atoms with van der Waals surface area (Å²) < 4.78 is 5.46. The Bertz CT molecular complexity index is 731. The van der Waals surface area contributed by atoms with E-state index in [-0.39, 0.29) is 11.9 Å². The number of furan rings is 1. The highest BCUT2D eigenvalue weighted by molar-refractivity contribution is 7.10. The van der Waals surface area contributed by atoms with Crippen LogP contribution in [0.3, 0.4) is 0 Å². The fourth-order valence-corrected chi connectivity index (χ4v) is 2.77. The topological polar surface area (TPSA) is 42.2 Å². The van der Waals surface area contributed by atoms with E-state index in [0.29, 0.717) is 5.76 Å². The fourth-order valence-electron chi connectivity index (χ4n) is 2.15. The first kappa shape index (κ1) is 14.4. The van der Waals surface area contributed by atoms with E-state index in [1.807, 2.05) is 66.1 Å². The molecule has 1 atom stereocenters. The normalized spacial score (nSPS) is 12.4. The summed E-state index contributed by atoms with van der Waals surface area (Å²) in [6.07, 6.45) is 4.97. The molecule has 4 heteroatoms. The second-order valence-electron chi connectivity index (χ2n) is 4.72. The standard InChI is InChI=1S/C18H15NO2S/c20-17(11-10-15-8-5-13-22-15)19-18(16-9-4-12-21-16)14-6-2-1-3-7-14/h1-13,18H,(H,19,20)/b11-10+/t18-/m0/s1. The summed E-state index contributed by atoms with van der Waals surface area (Å²) in [6.45, 7) is 0. The van der Waals surface area contributed by atoms with E-state index < -0.39 is 0 Å². The summed E-state index contributed by atoms with van der Waals surface area (Å²) in [7, 11) is 0. The summed E-state index contributed by atoms with van der Waals surface area (Å²) in [5.41, 5.74) is 0.982. The van der Waals surface area contributed by atoms with Gasteiger partial charge >= 0.3 is 0 Å². The maximum atomic E-state index is 12.2. The first-order valence-electron chi connectivity index (χ1n) is 6.93. The average Bonchev–Trinajstić information content (AvgIpc) is 3.25. The summed E-state index contributed by atoms with van der Waals surface area (Å²) in [5, 5.41) is 4.96. The predicted octanol–water partition coefficient (Wildman–Crippen LogP) is 4.26. The zero-order valence-electron chi connectivity index (χ0n) is 11.8. The molecule has 0 aliphatic heterocycles. The molecule has 1 aromatic carbocycles. The van der Waals surface area contributed by atoms with Crippen LogP contribution in [-0.2, 0) is 4.79 Å². The Balaban J connectivity index is 1.77. The first-order valence-corrected chi connectivity index (χ1v) is 7.81. The van der Waals surface area contributed by atoms with Crippen molar-refractivity contribution in [1.29, 1.82) is 0 Å². The summed E-state index contributed by atoms with van der Waals surface area (Å²) in [6, 6.07) is 17.1. The van der Waals surface area contributed by atoms with Crippen LogP contribution >= 0.6 is 11.3 Å². The molecule has 1 N–H and O–H groups in total. The number of carbonyl (C=O) groups is 1. The van der Waals surface area contributed by atoms with Crippen LogP contribution in [0.1, 0.15) is 22.2 Å². The largest absolute Gasteiger partial charge is 0.467 e. The number of thiophene rings is 1. The summed E-state index contributed by atoms with van der Waals surface area (Å²) >= 11 is 1.59. The van der Waals surface area contributed by atoms with Gasteiger partial charge in [0.05, 0.1) is 6.26 Å². The molecule has 2 aromatic heterocycles. The molecule has 3 aromatic rings. The lowest BCUT2D eigenvalue weighted by Gasteiger charge is -2.16. The lowest BCUT2D eigenvalue weighted by atomic mass is 10.0. The number of nitrogens with one attached hydrogen (secondary N) is 1. The number of amides is 1. The van der Waals surface area contributed by atoms with Crippen molar-refractivity contribution in [3.63, 3.8) is 0 Å². The number of carbonyl (C=O) groups excluding carboxylic acids is 1. The van der Waals surface area contributed by atoms with Gasteiger partial charge in [-0.05, 0) is 35.2 Å². The van der Waals surface area contributed by atoms with Crippen LogP contribution < -0.4 is 5.32 Å². The van der Waals surface area contributed by atoms with Crippen LogP contribution in [-0.4, -0.2) is 5.91 Å². The van der Waals surface area contributed by atoms with E-state index in [0.717, 1.165) is 10.4 Å². The first-order chi connectivity index (χ1) is 10.8. The van der Waals surface area contributed by atoms with Gasteiger partial charge in [0.2, 0.25) is 5.91 Å². The van der Waals surface area contributed by atoms with Crippen LogP contribution in [0.25, 0.3) is 6.08 Å². The molecular formula is C18H15NO2S. The highest BCUT2D eigenvalue weighted by Crippen LogP contribution is 2.22. The Labute approximate surface area is 132 Å². The van der Waals surface area contributed by atoms with Gasteiger partial charge < -0.3 is 9.73 Å². The van der Waals surface area contributed by atoms with Crippen LogP contribution in [0.2, 0.25) is 0 Å². The van der Waals surface area contributed by atoms with E-state index in [4.69, 9.17) is 4.42 Å². The van der Waals surface area contributed by atoms with Gasteiger partial charge in [-0.25, -0.2) is 0 Å². The average molecular weight is 309 g/mol. The molecule has 110 valence electrons. The minimum absolute atomic E-state index is 0.154. The number of hydrogen-bond acceptors (Lipinski definition) is 3.